The number of esters is 1. The molecule has 0 aromatic heterocycles. The number of carbonyl (C=O) groups is 2. The average Bonchev–Trinajstić information content (AvgIpc) is 2.37. The van der Waals surface area contributed by atoms with E-state index in [4.69, 9.17) is 4.74 Å². The maximum Gasteiger partial charge on any atom is 0.397 e. The maximum absolute atomic E-state index is 11.6. The SMILES string of the molecule is CCOC(=O)C(=O)N(C)c1cccc(OC)c1. The summed E-state index contributed by atoms with van der Waals surface area (Å²) in [4.78, 5) is 24.1. The molecule has 0 bridgehead atoms. The third kappa shape index (κ3) is 3.21. The number of methoxy groups -OCH3 is 1. The molecule has 0 aliphatic heterocycles. The largest absolute Gasteiger partial charge is 0.497 e. The van der Waals surface area contributed by atoms with Gasteiger partial charge in [0.2, 0.25) is 0 Å². The van der Waals surface area contributed by atoms with Crippen molar-refractivity contribution in [3.05, 3.63) is 24.3 Å². The van der Waals surface area contributed by atoms with Crippen LogP contribution in [0.2, 0.25) is 0 Å². The number of hydrogen-bond donors (Lipinski definition) is 0. The quantitative estimate of drug-likeness (QED) is 0.586. The molecule has 92 valence electrons. The van der Waals surface area contributed by atoms with Crippen LogP contribution >= 0.6 is 0 Å². The Morgan fingerprint density at radius 1 is 1.35 bits per heavy atom. The summed E-state index contributed by atoms with van der Waals surface area (Å²) in [5, 5.41) is 0. The van der Waals surface area contributed by atoms with E-state index in [1.807, 2.05) is 0 Å². The highest BCUT2D eigenvalue weighted by Gasteiger charge is 2.21. The molecule has 0 unspecified atom stereocenters. The first-order valence-electron chi connectivity index (χ1n) is 5.19. The minimum absolute atomic E-state index is 0.177. The Labute approximate surface area is 99.9 Å². The molecule has 1 amide bonds. The van der Waals surface area contributed by atoms with Crippen molar-refractivity contribution in [1.29, 1.82) is 0 Å². The molecule has 5 heteroatoms. The number of amides is 1. The summed E-state index contributed by atoms with van der Waals surface area (Å²) in [7, 11) is 3.04. The van der Waals surface area contributed by atoms with E-state index in [0.717, 1.165) is 0 Å². The van der Waals surface area contributed by atoms with Crippen molar-refractivity contribution in [2.45, 2.75) is 6.92 Å². The molecule has 0 radical (unpaired) electrons. The number of rotatable bonds is 3. The number of ether oxygens (including phenoxy) is 2. The van der Waals surface area contributed by atoms with E-state index in [1.165, 1.54) is 19.1 Å². The van der Waals surface area contributed by atoms with Crippen molar-refractivity contribution < 1.29 is 19.1 Å². The van der Waals surface area contributed by atoms with Crippen molar-refractivity contribution in [3.8, 4) is 5.75 Å². The van der Waals surface area contributed by atoms with E-state index in [9.17, 15) is 9.59 Å². The molecule has 1 aromatic rings. The molecule has 17 heavy (non-hydrogen) atoms. The van der Waals surface area contributed by atoms with Gasteiger partial charge in [-0.25, -0.2) is 4.79 Å². The summed E-state index contributed by atoms with van der Waals surface area (Å²) in [6.45, 7) is 1.83. The number of nitrogens with zero attached hydrogens (tertiary/aromatic N) is 1. The van der Waals surface area contributed by atoms with Gasteiger partial charge in [0.15, 0.2) is 0 Å². The Morgan fingerprint density at radius 3 is 2.65 bits per heavy atom. The van der Waals surface area contributed by atoms with Crippen LogP contribution in [-0.4, -0.2) is 32.6 Å². The number of hydrogen-bond acceptors (Lipinski definition) is 4. The molecular formula is C12H15NO4. The fourth-order valence-electron chi connectivity index (χ4n) is 1.27. The first-order valence-corrected chi connectivity index (χ1v) is 5.19. The third-order valence-electron chi connectivity index (χ3n) is 2.20. The minimum atomic E-state index is -0.863. The number of likely N-dealkylation sites (N-methyl/N-ethyl adjacent to an activating group) is 1. The number of benzene rings is 1. The zero-order valence-corrected chi connectivity index (χ0v) is 10.1. The predicted molar refractivity (Wildman–Crippen MR) is 63.0 cm³/mol. The molecule has 0 saturated heterocycles. The monoisotopic (exact) mass is 237 g/mol. The normalized spacial score (nSPS) is 9.59. The second-order valence-electron chi connectivity index (χ2n) is 3.29. The Kier molecular flexibility index (Phi) is 4.51. The molecule has 0 N–H and O–H groups in total. The fraction of sp³-hybridized carbons (Fsp3) is 0.333. The second-order valence-corrected chi connectivity index (χ2v) is 3.29. The van der Waals surface area contributed by atoms with Crippen LogP contribution in [0.15, 0.2) is 24.3 Å². The zero-order chi connectivity index (χ0) is 12.8. The van der Waals surface area contributed by atoms with Crippen molar-refractivity contribution in [1.82, 2.24) is 0 Å². The number of anilines is 1. The van der Waals surface area contributed by atoms with Crippen LogP contribution in [0.5, 0.6) is 5.75 Å². The van der Waals surface area contributed by atoms with E-state index in [2.05, 4.69) is 4.74 Å². The van der Waals surface area contributed by atoms with Crippen LogP contribution in [0.25, 0.3) is 0 Å². The van der Waals surface area contributed by atoms with Gasteiger partial charge in [-0.1, -0.05) is 6.07 Å². The first-order chi connectivity index (χ1) is 8.10. The molecule has 1 rings (SSSR count). The molecule has 0 atom stereocenters. The van der Waals surface area contributed by atoms with Crippen LogP contribution < -0.4 is 9.64 Å². The highest BCUT2D eigenvalue weighted by Crippen LogP contribution is 2.19. The van der Waals surface area contributed by atoms with Gasteiger partial charge in [-0.15, -0.1) is 0 Å². The fourth-order valence-corrected chi connectivity index (χ4v) is 1.27. The van der Waals surface area contributed by atoms with E-state index >= 15 is 0 Å². The van der Waals surface area contributed by atoms with Crippen molar-refractivity contribution in [2.75, 3.05) is 25.7 Å². The Morgan fingerprint density at radius 2 is 2.06 bits per heavy atom. The molecule has 0 fully saturated rings. The summed E-state index contributed by atoms with van der Waals surface area (Å²) in [6.07, 6.45) is 0. The van der Waals surface area contributed by atoms with Crippen LogP contribution in [-0.2, 0) is 14.3 Å². The predicted octanol–water partition coefficient (Wildman–Crippen LogP) is 1.22. The van der Waals surface area contributed by atoms with E-state index in [-0.39, 0.29) is 6.61 Å². The van der Waals surface area contributed by atoms with E-state index in [0.29, 0.717) is 11.4 Å². The van der Waals surface area contributed by atoms with Gasteiger partial charge in [-0.2, -0.15) is 0 Å². The summed E-state index contributed by atoms with van der Waals surface area (Å²) in [5.74, 6) is -0.955. The second kappa shape index (κ2) is 5.89. The topological polar surface area (TPSA) is 55.8 Å². The first kappa shape index (κ1) is 13.0. The van der Waals surface area contributed by atoms with Crippen molar-refractivity contribution in [2.24, 2.45) is 0 Å². The number of carbonyl (C=O) groups excluding carboxylic acids is 2. The lowest BCUT2D eigenvalue weighted by Crippen LogP contribution is -2.34. The lowest BCUT2D eigenvalue weighted by molar-refractivity contribution is -0.153. The summed E-state index contributed by atoms with van der Waals surface area (Å²) >= 11 is 0. The lowest BCUT2D eigenvalue weighted by Gasteiger charge is -2.16. The highest BCUT2D eigenvalue weighted by atomic mass is 16.5. The van der Waals surface area contributed by atoms with Crippen LogP contribution in [0.1, 0.15) is 6.92 Å². The molecule has 0 aliphatic rings. The van der Waals surface area contributed by atoms with Gasteiger partial charge < -0.3 is 14.4 Å². The summed E-state index contributed by atoms with van der Waals surface area (Å²) in [6, 6.07) is 6.87. The van der Waals surface area contributed by atoms with Gasteiger partial charge in [0, 0.05) is 18.8 Å². The van der Waals surface area contributed by atoms with Gasteiger partial charge in [-0.05, 0) is 19.1 Å². The molecular weight excluding hydrogens is 222 g/mol. The van der Waals surface area contributed by atoms with Gasteiger partial charge in [0.25, 0.3) is 0 Å². The van der Waals surface area contributed by atoms with Gasteiger partial charge >= 0.3 is 11.9 Å². The Hall–Kier alpha value is -2.04. The molecule has 5 nitrogen and oxygen atoms in total. The van der Waals surface area contributed by atoms with Crippen LogP contribution in [0.4, 0.5) is 5.69 Å². The average molecular weight is 237 g/mol. The highest BCUT2D eigenvalue weighted by molar-refractivity contribution is 6.37. The smallest absolute Gasteiger partial charge is 0.397 e. The molecule has 0 saturated carbocycles. The van der Waals surface area contributed by atoms with Crippen molar-refractivity contribution >= 4 is 17.6 Å². The van der Waals surface area contributed by atoms with Gasteiger partial charge in [-0.3, -0.25) is 4.79 Å². The van der Waals surface area contributed by atoms with Gasteiger partial charge in [0.05, 0.1) is 13.7 Å². The zero-order valence-electron chi connectivity index (χ0n) is 10.1. The minimum Gasteiger partial charge on any atom is -0.497 e. The maximum atomic E-state index is 11.6. The van der Waals surface area contributed by atoms with E-state index in [1.54, 1.807) is 31.2 Å². The Bertz CT molecular complexity index is 417. The third-order valence-corrected chi connectivity index (χ3v) is 2.20. The standard InChI is InChI=1S/C12H15NO4/c1-4-17-12(15)11(14)13(2)9-6-5-7-10(8-9)16-3/h5-8H,4H2,1-3H3. The van der Waals surface area contributed by atoms with Crippen molar-refractivity contribution in [3.63, 3.8) is 0 Å². The molecule has 1 aromatic carbocycles. The van der Waals surface area contributed by atoms with E-state index < -0.39 is 11.9 Å². The van der Waals surface area contributed by atoms with Gasteiger partial charge in [0.1, 0.15) is 5.75 Å². The molecule has 0 heterocycles. The molecule has 0 spiro atoms. The Balaban J connectivity index is 2.84. The van der Waals surface area contributed by atoms with Crippen LogP contribution in [0, 0.1) is 0 Å². The van der Waals surface area contributed by atoms with Crippen LogP contribution in [0.3, 0.4) is 0 Å². The molecule has 0 aliphatic carbocycles. The summed E-state index contributed by atoms with van der Waals surface area (Å²) in [5.41, 5.74) is 0.572. The summed E-state index contributed by atoms with van der Waals surface area (Å²) < 4.78 is 9.68. The lowest BCUT2D eigenvalue weighted by atomic mass is 10.3.